The maximum absolute atomic E-state index is 3.79. The van der Waals surface area contributed by atoms with Crippen LogP contribution in [0.15, 0.2) is 0 Å². The second kappa shape index (κ2) is 6.91. The van der Waals surface area contributed by atoms with Crippen LogP contribution < -0.4 is 5.32 Å². The van der Waals surface area contributed by atoms with Gasteiger partial charge in [0.05, 0.1) is 0 Å². The van der Waals surface area contributed by atoms with Crippen molar-refractivity contribution in [2.45, 2.75) is 70.9 Å². The van der Waals surface area contributed by atoms with Crippen LogP contribution in [0, 0.1) is 11.8 Å². The third-order valence-electron chi connectivity index (χ3n) is 5.02. The molecule has 0 bridgehead atoms. The number of hydrogen-bond acceptors (Lipinski definition) is 2. The third kappa shape index (κ3) is 4.55. The molecule has 2 nitrogen and oxygen atoms in total. The zero-order valence-corrected chi connectivity index (χ0v) is 12.6. The highest BCUT2D eigenvalue weighted by atomic mass is 15.2. The summed E-state index contributed by atoms with van der Waals surface area (Å²) >= 11 is 0. The van der Waals surface area contributed by atoms with Crippen LogP contribution in [0.4, 0.5) is 0 Å². The van der Waals surface area contributed by atoms with E-state index >= 15 is 0 Å². The van der Waals surface area contributed by atoms with E-state index in [9.17, 15) is 0 Å². The van der Waals surface area contributed by atoms with Crippen molar-refractivity contribution >= 4 is 0 Å². The fourth-order valence-corrected chi connectivity index (χ4v) is 3.34. The average molecular weight is 252 g/mol. The summed E-state index contributed by atoms with van der Waals surface area (Å²) in [7, 11) is 2.28. The SMILES string of the molecule is CC(C)C1CCCC(NCCN(C)C2CC2)CC1. The Bertz CT molecular complexity index is 235. The van der Waals surface area contributed by atoms with Gasteiger partial charge in [-0.2, -0.15) is 0 Å². The van der Waals surface area contributed by atoms with Crippen molar-refractivity contribution in [1.82, 2.24) is 10.2 Å². The Labute approximate surface area is 114 Å². The molecular weight excluding hydrogens is 220 g/mol. The molecule has 1 N–H and O–H groups in total. The van der Waals surface area contributed by atoms with Crippen LogP contribution in [0.2, 0.25) is 0 Å². The molecular formula is C16H32N2. The number of likely N-dealkylation sites (N-methyl/N-ethyl adjacent to an activating group) is 1. The summed E-state index contributed by atoms with van der Waals surface area (Å²) in [6.07, 6.45) is 9.98. The fourth-order valence-electron chi connectivity index (χ4n) is 3.34. The van der Waals surface area contributed by atoms with Crippen LogP contribution in [0.25, 0.3) is 0 Å². The Hall–Kier alpha value is -0.0800. The van der Waals surface area contributed by atoms with Gasteiger partial charge < -0.3 is 10.2 Å². The molecule has 2 heteroatoms. The van der Waals surface area contributed by atoms with E-state index in [1.54, 1.807) is 0 Å². The van der Waals surface area contributed by atoms with E-state index in [0.717, 1.165) is 23.9 Å². The van der Waals surface area contributed by atoms with Crippen LogP contribution in [-0.4, -0.2) is 37.1 Å². The molecule has 0 spiro atoms. The predicted molar refractivity (Wildman–Crippen MR) is 78.9 cm³/mol. The quantitative estimate of drug-likeness (QED) is 0.730. The van der Waals surface area contributed by atoms with E-state index in [4.69, 9.17) is 0 Å². The van der Waals surface area contributed by atoms with Crippen LogP contribution in [-0.2, 0) is 0 Å². The van der Waals surface area contributed by atoms with E-state index in [1.165, 1.54) is 58.0 Å². The van der Waals surface area contributed by atoms with Crippen molar-refractivity contribution in [3.63, 3.8) is 0 Å². The van der Waals surface area contributed by atoms with Gasteiger partial charge in [0, 0.05) is 25.2 Å². The molecule has 2 unspecified atom stereocenters. The van der Waals surface area contributed by atoms with Gasteiger partial charge in [-0.25, -0.2) is 0 Å². The van der Waals surface area contributed by atoms with Crippen molar-refractivity contribution in [2.75, 3.05) is 20.1 Å². The maximum Gasteiger partial charge on any atom is 0.0107 e. The van der Waals surface area contributed by atoms with Crippen molar-refractivity contribution in [3.05, 3.63) is 0 Å². The number of rotatable bonds is 6. The van der Waals surface area contributed by atoms with Gasteiger partial charge in [0.2, 0.25) is 0 Å². The van der Waals surface area contributed by atoms with Gasteiger partial charge in [-0.15, -0.1) is 0 Å². The summed E-state index contributed by atoms with van der Waals surface area (Å²) in [6.45, 7) is 7.20. The summed E-state index contributed by atoms with van der Waals surface area (Å²) in [5, 5.41) is 3.79. The molecule has 0 aromatic carbocycles. The largest absolute Gasteiger partial charge is 0.313 e. The first-order valence-electron chi connectivity index (χ1n) is 8.10. The third-order valence-corrected chi connectivity index (χ3v) is 5.02. The minimum atomic E-state index is 0.793. The highest BCUT2D eigenvalue weighted by Crippen LogP contribution is 2.29. The Morgan fingerprint density at radius 1 is 1.06 bits per heavy atom. The normalized spacial score (nSPS) is 29.8. The molecule has 0 heterocycles. The minimum absolute atomic E-state index is 0.793. The van der Waals surface area contributed by atoms with Gasteiger partial charge in [0.25, 0.3) is 0 Å². The van der Waals surface area contributed by atoms with E-state index in [2.05, 4.69) is 31.1 Å². The van der Waals surface area contributed by atoms with E-state index in [1.807, 2.05) is 0 Å². The van der Waals surface area contributed by atoms with Crippen molar-refractivity contribution in [3.8, 4) is 0 Å². The van der Waals surface area contributed by atoms with E-state index < -0.39 is 0 Å². The summed E-state index contributed by atoms with van der Waals surface area (Å²) in [4.78, 5) is 2.53. The lowest BCUT2D eigenvalue weighted by atomic mass is 9.89. The zero-order chi connectivity index (χ0) is 13.0. The van der Waals surface area contributed by atoms with Gasteiger partial charge in [-0.3, -0.25) is 0 Å². The minimum Gasteiger partial charge on any atom is -0.313 e. The maximum atomic E-state index is 3.79. The van der Waals surface area contributed by atoms with Crippen LogP contribution in [0.3, 0.4) is 0 Å². The zero-order valence-electron chi connectivity index (χ0n) is 12.6. The van der Waals surface area contributed by atoms with Gasteiger partial charge in [0.15, 0.2) is 0 Å². The molecule has 0 aromatic rings. The Morgan fingerprint density at radius 2 is 1.83 bits per heavy atom. The van der Waals surface area contributed by atoms with Crippen LogP contribution in [0.5, 0.6) is 0 Å². The molecule has 18 heavy (non-hydrogen) atoms. The molecule has 2 rings (SSSR count). The second-order valence-electron chi connectivity index (χ2n) is 6.88. The molecule has 2 aliphatic carbocycles. The lowest BCUT2D eigenvalue weighted by molar-refractivity contribution is 0.306. The second-order valence-corrected chi connectivity index (χ2v) is 6.88. The van der Waals surface area contributed by atoms with Gasteiger partial charge in [-0.1, -0.05) is 26.7 Å². The number of nitrogens with zero attached hydrogens (tertiary/aromatic N) is 1. The van der Waals surface area contributed by atoms with Crippen molar-refractivity contribution < 1.29 is 0 Å². The fraction of sp³-hybridized carbons (Fsp3) is 1.00. The smallest absolute Gasteiger partial charge is 0.0107 e. The first-order valence-corrected chi connectivity index (χ1v) is 8.10. The molecule has 2 atom stereocenters. The Kier molecular flexibility index (Phi) is 5.50. The first-order chi connectivity index (χ1) is 8.66. The summed E-state index contributed by atoms with van der Waals surface area (Å²) in [6, 6.07) is 1.70. The Balaban J connectivity index is 1.60. The monoisotopic (exact) mass is 252 g/mol. The predicted octanol–water partition coefficient (Wildman–Crippen LogP) is 3.28. The first kappa shape index (κ1) is 14.3. The average Bonchev–Trinajstić information content (AvgIpc) is 3.16. The van der Waals surface area contributed by atoms with E-state index in [0.29, 0.717) is 0 Å². The molecule has 2 aliphatic rings. The molecule has 106 valence electrons. The highest BCUT2D eigenvalue weighted by Gasteiger charge is 2.26. The molecule has 2 fully saturated rings. The van der Waals surface area contributed by atoms with E-state index in [-0.39, 0.29) is 0 Å². The molecule has 0 amide bonds. The lowest BCUT2D eigenvalue weighted by Crippen LogP contribution is -2.36. The van der Waals surface area contributed by atoms with Gasteiger partial charge >= 0.3 is 0 Å². The van der Waals surface area contributed by atoms with Gasteiger partial charge in [0.1, 0.15) is 0 Å². The standard InChI is InChI=1S/C16H32N2/c1-13(2)14-5-4-6-15(8-7-14)17-11-12-18(3)16-9-10-16/h13-17H,4-12H2,1-3H3. The van der Waals surface area contributed by atoms with Crippen molar-refractivity contribution in [1.29, 1.82) is 0 Å². The van der Waals surface area contributed by atoms with Crippen LogP contribution >= 0.6 is 0 Å². The highest BCUT2D eigenvalue weighted by molar-refractivity contribution is 4.83. The lowest BCUT2D eigenvalue weighted by Gasteiger charge is -2.21. The molecule has 2 saturated carbocycles. The summed E-state index contributed by atoms with van der Waals surface area (Å²) < 4.78 is 0. The summed E-state index contributed by atoms with van der Waals surface area (Å²) in [5.41, 5.74) is 0. The van der Waals surface area contributed by atoms with Crippen LogP contribution in [0.1, 0.15) is 58.8 Å². The number of nitrogens with one attached hydrogen (secondary N) is 1. The molecule has 0 aromatic heterocycles. The molecule has 0 radical (unpaired) electrons. The topological polar surface area (TPSA) is 15.3 Å². The Morgan fingerprint density at radius 3 is 2.50 bits per heavy atom. The van der Waals surface area contributed by atoms with Crippen molar-refractivity contribution in [2.24, 2.45) is 11.8 Å². The van der Waals surface area contributed by atoms with Gasteiger partial charge in [-0.05, 0) is 51.0 Å². The number of hydrogen-bond donors (Lipinski definition) is 1. The molecule has 0 saturated heterocycles. The summed E-state index contributed by atoms with van der Waals surface area (Å²) in [5.74, 6) is 1.86. The molecule has 0 aliphatic heterocycles.